The van der Waals surface area contributed by atoms with Gasteiger partial charge < -0.3 is 18.6 Å². The quantitative estimate of drug-likeness (QED) is 0.179. The molecule has 0 spiro atoms. The highest BCUT2D eigenvalue weighted by atomic mass is 32.2. The molecule has 0 saturated heterocycles. The molecule has 1 N–H and O–H groups in total. The molecule has 0 aliphatic heterocycles. The Balaban J connectivity index is 1.85. The highest BCUT2D eigenvalue weighted by Gasteiger charge is 2.20. The lowest BCUT2D eigenvalue weighted by Gasteiger charge is -2.18. The molecular formula is C29H34N4O5SSi. The number of hydrogen-bond donors (Lipinski definition) is 1. The van der Waals surface area contributed by atoms with Gasteiger partial charge in [-0.3, -0.25) is 9.52 Å². The monoisotopic (exact) mass is 578 g/mol. The van der Waals surface area contributed by atoms with Crippen LogP contribution in [0.4, 0.5) is 5.69 Å². The van der Waals surface area contributed by atoms with Crippen molar-refractivity contribution in [2.75, 3.05) is 17.1 Å². The Morgan fingerprint density at radius 2 is 1.77 bits per heavy atom. The van der Waals surface area contributed by atoms with Gasteiger partial charge in [0.15, 0.2) is 0 Å². The normalized spacial score (nSPS) is 11.9. The Morgan fingerprint density at radius 1 is 1.05 bits per heavy atom. The highest BCUT2D eigenvalue weighted by molar-refractivity contribution is 7.92. The smallest absolute Gasteiger partial charge is 0.259 e. The largest absolute Gasteiger partial charge is 0.457 e. The lowest BCUT2D eigenvalue weighted by atomic mass is 10.0. The van der Waals surface area contributed by atoms with Crippen molar-refractivity contribution in [3.63, 3.8) is 0 Å². The fourth-order valence-corrected chi connectivity index (χ4v) is 5.55. The number of benzene rings is 2. The lowest BCUT2D eigenvalue weighted by molar-refractivity contribution is 0.0903. The van der Waals surface area contributed by atoms with Crippen molar-refractivity contribution >= 4 is 34.7 Å². The van der Waals surface area contributed by atoms with Crippen LogP contribution in [0.25, 0.3) is 22.0 Å². The van der Waals surface area contributed by atoms with Gasteiger partial charge in [0.25, 0.3) is 5.56 Å². The zero-order valence-corrected chi connectivity index (χ0v) is 25.2. The molecule has 0 amide bonds. The highest BCUT2D eigenvalue weighted by Crippen LogP contribution is 2.39. The van der Waals surface area contributed by atoms with E-state index in [1.807, 2.05) is 10.8 Å². The molecule has 0 fully saturated rings. The molecule has 4 rings (SSSR count). The van der Waals surface area contributed by atoms with Gasteiger partial charge in [-0.05, 0) is 61.5 Å². The molecule has 0 radical (unpaired) electrons. The van der Waals surface area contributed by atoms with E-state index in [1.165, 1.54) is 4.57 Å². The van der Waals surface area contributed by atoms with Crippen molar-refractivity contribution in [1.29, 1.82) is 5.26 Å². The summed E-state index contributed by atoms with van der Waals surface area (Å²) in [6.45, 7) is 9.32. The van der Waals surface area contributed by atoms with Gasteiger partial charge in [-0.1, -0.05) is 19.6 Å². The maximum atomic E-state index is 13.1. The van der Waals surface area contributed by atoms with Crippen LogP contribution in [0.5, 0.6) is 11.5 Å². The Labute approximate surface area is 235 Å². The predicted octanol–water partition coefficient (Wildman–Crippen LogP) is 5.74. The SMILES string of the molecule is CCS(=O)(=O)Nc1ccc(Oc2ccc(C#N)cc2)c(-c2cn(C)c(=O)c3ccn(COCC[Si](C)(C)C)c23)c1. The second kappa shape index (κ2) is 11.7. The van der Waals surface area contributed by atoms with Gasteiger partial charge in [0.2, 0.25) is 10.0 Å². The van der Waals surface area contributed by atoms with Crippen LogP contribution in [-0.4, -0.2) is 38.0 Å². The number of pyridine rings is 1. The summed E-state index contributed by atoms with van der Waals surface area (Å²) in [7, 11) is -3.12. The van der Waals surface area contributed by atoms with E-state index < -0.39 is 18.1 Å². The van der Waals surface area contributed by atoms with Crippen LogP contribution in [0.3, 0.4) is 0 Å². The Bertz CT molecular complexity index is 1730. The molecule has 0 aliphatic rings. The number of rotatable bonds is 11. The van der Waals surface area contributed by atoms with Crippen molar-refractivity contribution < 1.29 is 17.9 Å². The summed E-state index contributed by atoms with van der Waals surface area (Å²) in [4.78, 5) is 13.1. The van der Waals surface area contributed by atoms with E-state index in [1.54, 1.807) is 68.7 Å². The van der Waals surface area contributed by atoms with E-state index in [-0.39, 0.29) is 18.0 Å². The molecule has 210 valence electrons. The van der Waals surface area contributed by atoms with Gasteiger partial charge in [0.05, 0.1) is 28.3 Å². The number of anilines is 1. The first-order valence-electron chi connectivity index (χ1n) is 13.0. The van der Waals surface area contributed by atoms with Crippen LogP contribution >= 0.6 is 0 Å². The number of aryl methyl sites for hydroxylation is 1. The van der Waals surface area contributed by atoms with Crippen molar-refractivity contribution in [1.82, 2.24) is 9.13 Å². The second-order valence-electron chi connectivity index (χ2n) is 10.8. The molecule has 0 unspecified atom stereocenters. The number of nitrogens with one attached hydrogen (secondary N) is 1. The van der Waals surface area contributed by atoms with Crippen LogP contribution in [-0.2, 0) is 28.5 Å². The molecule has 2 aromatic heterocycles. The number of nitriles is 1. The maximum absolute atomic E-state index is 13.1. The Hall–Kier alpha value is -3.85. The van der Waals surface area contributed by atoms with Gasteiger partial charge in [-0.2, -0.15) is 5.26 Å². The predicted molar refractivity (Wildman–Crippen MR) is 161 cm³/mol. The molecule has 0 aliphatic carbocycles. The summed E-state index contributed by atoms with van der Waals surface area (Å²) < 4.78 is 43.0. The summed E-state index contributed by atoms with van der Waals surface area (Å²) in [5, 5.41) is 9.65. The van der Waals surface area contributed by atoms with Gasteiger partial charge >= 0.3 is 0 Å². The van der Waals surface area contributed by atoms with E-state index in [4.69, 9.17) is 14.7 Å². The molecular weight excluding hydrogens is 544 g/mol. The average molecular weight is 579 g/mol. The first-order chi connectivity index (χ1) is 18.9. The summed E-state index contributed by atoms with van der Waals surface area (Å²) in [5.41, 5.74) is 2.65. The summed E-state index contributed by atoms with van der Waals surface area (Å²) >= 11 is 0. The van der Waals surface area contributed by atoms with Crippen LogP contribution in [0.15, 0.2) is 65.7 Å². The maximum Gasteiger partial charge on any atom is 0.259 e. The fraction of sp³-hybridized carbons (Fsp3) is 0.310. The standard InChI is InChI=1S/C29H34N4O5SSi/c1-6-39(35,36)31-22-9-12-27(38-23-10-7-21(18-30)8-11-23)25(17-22)26-19-32(2)29(34)24-13-14-33(28(24)26)20-37-15-16-40(3,4)5/h7-14,17,19,31H,6,15-16,20H2,1-5H3. The number of sulfonamides is 1. The number of ether oxygens (including phenoxy) is 2. The number of hydrogen-bond acceptors (Lipinski definition) is 6. The molecule has 9 nitrogen and oxygen atoms in total. The van der Waals surface area contributed by atoms with Gasteiger partial charge in [-0.15, -0.1) is 0 Å². The van der Waals surface area contributed by atoms with Crippen LogP contribution in [0.1, 0.15) is 12.5 Å². The van der Waals surface area contributed by atoms with E-state index in [0.717, 1.165) is 6.04 Å². The van der Waals surface area contributed by atoms with E-state index in [2.05, 4.69) is 30.4 Å². The third kappa shape index (κ3) is 6.82. The Morgan fingerprint density at radius 3 is 2.42 bits per heavy atom. The third-order valence-corrected chi connectivity index (χ3v) is 9.46. The first kappa shape index (κ1) is 29.1. The minimum atomic E-state index is -3.53. The Kier molecular flexibility index (Phi) is 8.53. The summed E-state index contributed by atoms with van der Waals surface area (Å²) in [6, 6.07) is 16.6. The minimum Gasteiger partial charge on any atom is -0.457 e. The zero-order chi connectivity index (χ0) is 29.1. The van der Waals surface area contributed by atoms with E-state index in [0.29, 0.717) is 51.4 Å². The van der Waals surface area contributed by atoms with Gasteiger partial charge in [0.1, 0.15) is 18.2 Å². The number of aromatic nitrogens is 2. The van der Waals surface area contributed by atoms with Gasteiger partial charge in [-0.25, -0.2) is 8.42 Å². The second-order valence-corrected chi connectivity index (χ2v) is 18.4. The minimum absolute atomic E-state index is 0.0759. The third-order valence-electron chi connectivity index (χ3n) is 6.45. The van der Waals surface area contributed by atoms with E-state index >= 15 is 0 Å². The van der Waals surface area contributed by atoms with E-state index in [9.17, 15) is 13.2 Å². The molecule has 0 atom stereocenters. The molecule has 4 aromatic rings. The van der Waals surface area contributed by atoms with Crippen molar-refractivity contribution in [2.45, 2.75) is 39.3 Å². The fourth-order valence-electron chi connectivity index (χ4n) is 4.16. The van der Waals surface area contributed by atoms with Crippen LogP contribution in [0.2, 0.25) is 25.7 Å². The van der Waals surface area contributed by atoms with Crippen LogP contribution in [0, 0.1) is 11.3 Å². The molecule has 0 bridgehead atoms. The van der Waals surface area contributed by atoms with Gasteiger partial charge in [0, 0.05) is 50.9 Å². The van der Waals surface area contributed by atoms with Crippen molar-refractivity contribution in [3.05, 3.63) is 76.8 Å². The average Bonchev–Trinajstić information content (AvgIpc) is 3.33. The molecule has 11 heteroatoms. The van der Waals surface area contributed by atoms with Crippen molar-refractivity contribution in [2.24, 2.45) is 7.05 Å². The topological polar surface area (TPSA) is 115 Å². The first-order valence-corrected chi connectivity index (χ1v) is 18.4. The van der Waals surface area contributed by atoms with Crippen molar-refractivity contribution in [3.8, 4) is 28.7 Å². The summed E-state index contributed by atoms with van der Waals surface area (Å²) in [5.74, 6) is 0.887. The molecule has 40 heavy (non-hydrogen) atoms. The zero-order valence-electron chi connectivity index (χ0n) is 23.4. The number of nitrogens with zero attached hydrogens (tertiary/aromatic N) is 3. The molecule has 0 saturated carbocycles. The molecule has 2 aromatic carbocycles. The number of fused-ring (bicyclic) bond motifs is 1. The molecule has 2 heterocycles. The summed E-state index contributed by atoms with van der Waals surface area (Å²) in [6.07, 6.45) is 3.55. The van der Waals surface area contributed by atoms with Crippen LogP contribution < -0.4 is 15.0 Å². The lowest BCUT2D eigenvalue weighted by Crippen LogP contribution is -2.22.